The number of benzene rings is 2. The minimum Gasteiger partial charge on any atom is -0.505 e. The summed E-state index contributed by atoms with van der Waals surface area (Å²) in [5, 5.41) is 21.6. The Bertz CT molecular complexity index is 1130. The lowest BCUT2D eigenvalue weighted by Crippen LogP contribution is -2.04. The number of rotatable bonds is 3. The molecule has 0 aliphatic carbocycles. The van der Waals surface area contributed by atoms with Crippen molar-refractivity contribution in [2.24, 2.45) is 0 Å². The average molecular weight is 332 g/mol. The third kappa shape index (κ3) is 2.50. The summed E-state index contributed by atoms with van der Waals surface area (Å²) in [5.41, 5.74) is 3.70. The van der Waals surface area contributed by atoms with Gasteiger partial charge in [0, 0.05) is 28.9 Å². The average Bonchev–Trinajstić information content (AvgIpc) is 2.99. The fourth-order valence-electron chi connectivity index (χ4n) is 3.22. The molecule has 3 N–H and O–H groups in total. The molecule has 2 heterocycles. The minimum atomic E-state index is -1.16. The van der Waals surface area contributed by atoms with Gasteiger partial charge in [-0.25, -0.2) is 9.78 Å². The molecule has 5 heteroatoms. The minimum absolute atomic E-state index is 0.0939. The summed E-state index contributed by atoms with van der Waals surface area (Å²) < 4.78 is 0. The SMILES string of the molecule is Cc1ccc2nc(Cc3c[nH]c4ccccc34)c(O)c(C(=O)O)c2c1. The Hall–Kier alpha value is -3.34. The van der Waals surface area contributed by atoms with Gasteiger partial charge in [-0.15, -0.1) is 0 Å². The number of hydrogen-bond donors (Lipinski definition) is 3. The number of aryl methyl sites for hydroxylation is 1. The van der Waals surface area contributed by atoms with Gasteiger partial charge in [-0.05, 0) is 30.7 Å². The molecule has 0 aliphatic heterocycles. The number of carboxylic acids is 1. The number of para-hydroxylation sites is 1. The number of fused-ring (bicyclic) bond motifs is 2. The maximum atomic E-state index is 11.7. The first-order valence-corrected chi connectivity index (χ1v) is 7.95. The van der Waals surface area contributed by atoms with Crippen molar-refractivity contribution in [2.75, 3.05) is 0 Å². The molecule has 4 aromatic rings. The second kappa shape index (κ2) is 5.63. The summed E-state index contributed by atoms with van der Waals surface area (Å²) in [7, 11) is 0. The van der Waals surface area contributed by atoms with Crippen molar-refractivity contribution in [2.45, 2.75) is 13.3 Å². The van der Waals surface area contributed by atoms with Gasteiger partial charge < -0.3 is 15.2 Å². The van der Waals surface area contributed by atoms with Crippen molar-refractivity contribution >= 4 is 27.8 Å². The number of aromatic nitrogens is 2. The highest BCUT2D eigenvalue weighted by Gasteiger charge is 2.20. The molecule has 124 valence electrons. The fourth-order valence-corrected chi connectivity index (χ4v) is 3.22. The molecule has 4 rings (SSSR count). The van der Waals surface area contributed by atoms with Gasteiger partial charge in [0.25, 0.3) is 0 Å². The number of nitrogens with zero attached hydrogens (tertiary/aromatic N) is 1. The molecule has 0 spiro atoms. The van der Waals surface area contributed by atoms with Crippen LogP contribution in [-0.4, -0.2) is 26.2 Å². The summed E-state index contributed by atoms with van der Waals surface area (Å²) in [6.07, 6.45) is 2.21. The van der Waals surface area contributed by atoms with E-state index in [2.05, 4.69) is 9.97 Å². The third-order valence-corrected chi connectivity index (χ3v) is 4.43. The molecule has 0 radical (unpaired) electrons. The van der Waals surface area contributed by atoms with Crippen molar-refractivity contribution in [3.05, 3.63) is 71.0 Å². The van der Waals surface area contributed by atoms with Gasteiger partial charge in [-0.1, -0.05) is 29.8 Å². The smallest absolute Gasteiger partial charge is 0.340 e. The third-order valence-electron chi connectivity index (χ3n) is 4.43. The number of carboxylic acid groups (broad SMARTS) is 1. The predicted octanol–water partition coefficient (Wildman–Crippen LogP) is 4.02. The molecule has 0 saturated heterocycles. The second-order valence-electron chi connectivity index (χ2n) is 6.14. The lowest BCUT2D eigenvalue weighted by Gasteiger charge is -2.11. The van der Waals surface area contributed by atoms with E-state index in [1.807, 2.05) is 43.5 Å². The lowest BCUT2D eigenvalue weighted by atomic mass is 10.0. The molecule has 2 aromatic carbocycles. The topological polar surface area (TPSA) is 86.2 Å². The van der Waals surface area contributed by atoms with Gasteiger partial charge in [0.1, 0.15) is 5.56 Å². The summed E-state index contributed by atoms with van der Waals surface area (Å²) >= 11 is 0. The monoisotopic (exact) mass is 332 g/mol. The standard InChI is InChI=1S/C20H16N2O3/c1-11-6-7-16-14(8-11)18(20(24)25)19(23)17(22-16)9-12-10-21-15-5-3-2-4-13(12)15/h2-8,10,21,23H,9H2,1H3,(H,24,25). The summed E-state index contributed by atoms with van der Waals surface area (Å²) in [4.78, 5) is 19.4. The Morgan fingerprint density at radius 2 is 1.96 bits per heavy atom. The van der Waals surface area contributed by atoms with Crippen molar-refractivity contribution < 1.29 is 15.0 Å². The molecule has 0 fully saturated rings. The summed E-state index contributed by atoms with van der Waals surface area (Å²) in [5.74, 6) is -1.42. The van der Waals surface area contributed by atoms with Gasteiger partial charge in [-0.3, -0.25) is 0 Å². The number of hydrogen-bond acceptors (Lipinski definition) is 3. The Labute approximate surface area is 143 Å². The van der Waals surface area contributed by atoms with E-state index >= 15 is 0 Å². The molecular weight excluding hydrogens is 316 g/mol. The number of carbonyl (C=O) groups is 1. The molecule has 2 aromatic heterocycles. The first-order valence-electron chi connectivity index (χ1n) is 7.95. The van der Waals surface area contributed by atoms with Crippen molar-refractivity contribution in [1.29, 1.82) is 0 Å². The van der Waals surface area contributed by atoms with E-state index in [0.29, 0.717) is 23.0 Å². The van der Waals surface area contributed by atoms with E-state index in [0.717, 1.165) is 22.0 Å². The van der Waals surface area contributed by atoms with Crippen LogP contribution in [0.4, 0.5) is 0 Å². The second-order valence-corrected chi connectivity index (χ2v) is 6.14. The van der Waals surface area contributed by atoms with E-state index in [-0.39, 0.29) is 11.3 Å². The predicted molar refractivity (Wildman–Crippen MR) is 96.2 cm³/mol. The highest BCUT2D eigenvalue weighted by molar-refractivity contribution is 6.05. The quantitative estimate of drug-likeness (QED) is 0.529. The van der Waals surface area contributed by atoms with Gasteiger partial charge in [0.15, 0.2) is 5.75 Å². The van der Waals surface area contributed by atoms with Crippen LogP contribution < -0.4 is 0 Å². The van der Waals surface area contributed by atoms with Crippen LogP contribution in [0, 0.1) is 6.92 Å². The zero-order valence-electron chi connectivity index (χ0n) is 13.6. The number of aromatic amines is 1. The molecular formula is C20H16N2O3. The molecule has 0 amide bonds. The number of nitrogens with one attached hydrogen (secondary N) is 1. The number of aromatic hydroxyl groups is 1. The van der Waals surface area contributed by atoms with Crippen molar-refractivity contribution in [3.63, 3.8) is 0 Å². The van der Waals surface area contributed by atoms with E-state index in [1.54, 1.807) is 12.1 Å². The first kappa shape index (κ1) is 15.2. The Kier molecular flexibility index (Phi) is 3.42. The first-order chi connectivity index (χ1) is 12.0. The molecule has 0 aliphatic rings. The molecule has 0 bridgehead atoms. The molecule has 0 saturated carbocycles. The number of aromatic carboxylic acids is 1. The van der Waals surface area contributed by atoms with E-state index < -0.39 is 5.97 Å². The molecule has 0 unspecified atom stereocenters. The maximum Gasteiger partial charge on any atom is 0.340 e. The van der Waals surface area contributed by atoms with Crippen LogP contribution in [0.2, 0.25) is 0 Å². The summed E-state index contributed by atoms with van der Waals surface area (Å²) in [6, 6.07) is 13.3. The largest absolute Gasteiger partial charge is 0.505 e. The van der Waals surface area contributed by atoms with Crippen LogP contribution in [-0.2, 0) is 6.42 Å². The van der Waals surface area contributed by atoms with E-state index in [4.69, 9.17) is 0 Å². The molecule has 0 atom stereocenters. The highest BCUT2D eigenvalue weighted by Crippen LogP contribution is 2.32. The van der Waals surface area contributed by atoms with E-state index in [9.17, 15) is 15.0 Å². The van der Waals surface area contributed by atoms with Crippen LogP contribution in [0.15, 0.2) is 48.7 Å². The fraction of sp³-hybridized carbons (Fsp3) is 0.100. The van der Waals surface area contributed by atoms with Gasteiger partial charge >= 0.3 is 5.97 Å². The van der Waals surface area contributed by atoms with Crippen LogP contribution >= 0.6 is 0 Å². The molecule has 5 nitrogen and oxygen atoms in total. The Morgan fingerprint density at radius 1 is 1.16 bits per heavy atom. The van der Waals surface area contributed by atoms with E-state index in [1.165, 1.54) is 0 Å². The molecule has 25 heavy (non-hydrogen) atoms. The Morgan fingerprint density at radius 3 is 2.76 bits per heavy atom. The van der Waals surface area contributed by atoms with Gasteiger partial charge in [0.05, 0.1) is 11.2 Å². The van der Waals surface area contributed by atoms with Crippen LogP contribution in [0.3, 0.4) is 0 Å². The van der Waals surface area contributed by atoms with Gasteiger partial charge in [-0.2, -0.15) is 0 Å². The van der Waals surface area contributed by atoms with Gasteiger partial charge in [0.2, 0.25) is 0 Å². The summed E-state index contributed by atoms with van der Waals surface area (Å²) in [6.45, 7) is 1.88. The Balaban J connectivity index is 1.91. The maximum absolute atomic E-state index is 11.7. The zero-order valence-corrected chi connectivity index (χ0v) is 13.6. The van der Waals surface area contributed by atoms with Crippen molar-refractivity contribution in [3.8, 4) is 5.75 Å². The highest BCUT2D eigenvalue weighted by atomic mass is 16.4. The van der Waals surface area contributed by atoms with Crippen molar-refractivity contribution in [1.82, 2.24) is 9.97 Å². The lowest BCUT2D eigenvalue weighted by molar-refractivity contribution is 0.0695. The number of H-pyrrole nitrogens is 1. The van der Waals surface area contributed by atoms with Crippen LogP contribution in [0.5, 0.6) is 5.75 Å². The van der Waals surface area contributed by atoms with Crippen LogP contribution in [0.1, 0.15) is 27.2 Å². The van der Waals surface area contributed by atoms with Crippen LogP contribution in [0.25, 0.3) is 21.8 Å². The zero-order chi connectivity index (χ0) is 17.6. The number of pyridine rings is 1. The normalized spacial score (nSPS) is 11.2.